The molecule has 0 aromatic heterocycles. The van der Waals surface area contributed by atoms with Gasteiger partial charge in [0, 0.05) is 0 Å². The van der Waals surface area contributed by atoms with Crippen LogP contribution in [0, 0.1) is 0 Å². The summed E-state index contributed by atoms with van der Waals surface area (Å²) >= 11 is 0. The van der Waals surface area contributed by atoms with Crippen LogP contribution >= 0.6 is 0 Å². The van der Waals surface area contributed by atoms with E-state index >= 15 is 0 Å². The molecular weight excluding hydrogens is 210 g/mol. The highest BCUT2D eigenvalue weighted by atomic mass is 15.9. The van der Waals surface area contributed by atoms with Crippen LogP contribution in [0.1, 0.15) is 41.5 Å². The summed E-state index contributed by atoms with van der Waals surface area (Å²) in [4.78, 5) is 0. The lowest BCUT2D eigenvalue weighted by Crippen LogP contribution is -2.59. The average Bonchev–Trinajstić information content (AvgIpc) is 2.54. The number of rotatable bonds is 0. The third-order valence-electron chi connectivity index (χ3n) is 2.83. The van der Waals surface area contributed by atoms with Crippen molar-refractivity contribution in [2.24, 2.45) is 0 Å². The molecule has 0 amide bonds. The molecule has 0 fully saturated rings. The Hall–Kier alpha value is -1.22. The summed E-state index contributed by atoms with van der Waals surface area (Å²) in [6.45, 7) is 13.3. The molecule has 1 aromatic rings. The van der Waals surface area contributed by atoms with Gasteiger partial charge in [-0.15, -0.1) is 5.12 Å². The van der Waals surface area contributed by atoms with E-state index in [0.717, 1.165) is 0 Å². The van der Waals surface area contributed by atoms with E-state index in [1.807, 2.05) is 0 Å². The first kappa shape index (κ1) is 12.2. The van der Waals surface area contributed by atoms with Gasteiger partial charge >= 0.3 is 0 Å². The number of nitrogens with zero attached hydrogens (tertiary/aromatic N) is 2. The summed E-state index contributed by atoms with van der Waals surface area (Å²) < 4.78 is 0. The van der Waals surface area contributed by atoms with E-state index in [4.69, 9.17) is 0 Å². The van der Waals surface area contributed by atoms with Crippen LogP contribution in [0.4, 0.5) is 11.4 Å². The maximum atomic E-state index is 3.49. The van der Waals surface area contributed by atoms with Gasteiger partial charge in [0.05, 0.1) is 22.5 Å². The van der Waals surface area contributed by atoms with Gasteiger partial charge in [0.2, 0.25) is 0 Å². The molecule has 94 valence electrons. The Balaban J connectivity index is 2.48. The first-order valence-electron chi connectivity index (χ1n) is 6.17. The van der Waals surface area contributed by atoms with E-state index in [2.05, 4.69) is 81.4 Å². The molecule has 17 heavy (non-hydrogen) atoms. The average molecular weight is 233 g/mol. The molecule has 0 atom stereocenters. The third kappa shape index (κ3) is 2.12. The maximum absolute atomic E-state index is 3.49. The quantitative estimate of drug-likeness (QED) is 0.738. The first-order chi connectivity index (χ1) is 7.71. The molecule has 0 unspecified atom stereocenters. The minimum Gasteiger partial charge on any atom is -0.299 e. The summed E-state index contributed by atoms with van der Waals surface area (Å²) in [5, 5.41) is 4.56. The fourth-order valence-electron chi connectivity index (χ4n) is 2.15. The Morgan fingerprint density at radius 2 is 1.47 bits per heavy atom. The number of nitrogens with one attached hydrogen (secondary N) is 1. The van der Waals surface area contributed by atoms with Gasteiger partial charge < -0.3 is 0 Å². The van der Waals surface area contributed by atoms with Crippen LogP contribution in [-0.4, -0.2) is 16.2 Å². The number of hydrazine groups is 2. The van der Waals surface area contributed by atoms with Crippen LogP contribution < -0.4 is 10.4 Å². The minimum absolute atomic E-state index is 0.0340. The fraction of sp³-hybridized carbons (Fsp3) is 0.571. The van der Waals surface area contributed by atoms with E-state index in [1.165, 1.54) is 11.4 Å². The number of hydrogen-bond donors (Lipinski definition) is 1. The summed E-state index contributed by atoms with van der Waals surface area (Å²) in [6, 6.07) is 8.45. The molecular formula is C14H23N3. The van der Waals surface area contributed by atoms with Crippen LogP contribution in [0.3, 0.4) is 0 Å². The zero-order chi connectivity index (χ0) is 12.8. The number of benzene rings is 1. The molecule has 3 heteroatoms. The van der Waals surface area contributed by atoms with Crippen LogP contribution in [0.25, 0.3) is 0 Å². The van der Waals surface area contributed by atoms with Gasteiger partial charge in [0.25, 0.3) is 0 Å². The molecule has 0 saturated carbocycles. The van der Waals surface area contributed by atoms with Crippen LogP contribution in [0.2, 0.25) is 0 Å². The standard InChI is InChI=1S/C14H23N3/c1-13(2,3)16-12-10-8-7-9-11(12)15-17(16)14(4,5)6/h7-10,15H,1-6H3. The Kier molecular flexibility index (Phi) is 2.62. The van der Waals surface area contributed by atoms with E-state index in [0.29, 0.717) is 0 Å². The lowest BCUT2D eigenvalue weighted by Gasteiger charge is -2.45. The van der Waals surface area contributed by atoms with E-state index in [1.54, 1.807) is 0 Å². The Bertz CT molecular complexity index is 412. The molecule has 0 bridgehead atoms. The summed E-state index contributed by atoms with van der Waals surface area (Å²) in [7, 11) is 0. The molecule has 0 aliphatic carbocycles. The highest BCUT2D eigenvalue weighted by molar-refractivity contribution is 5.74. The van der Waals surface area contributed by atoms with Crippen LogP contribution in [0.15, 0.2) is 24.3 Å². The van der Waals surface area contributed by atoms with Gasteiger partial charge in [-0.2, -0.15) is 0 Å². The van der Waals surface area contributed by atoms with Crippen molar-refractivity contribution in [1.82, 2.24) is 5.12 Å². The predicted octanol–water partition coefficient (Wildman–Crippen LogP) is 3.65. The van der Waals surface area contributed by atoms with Gasteiger partial charge in [0.1, 0.15) is 0 Å². The zero-order valence-electron chi connectivity index (χ0n) is 11.7. The molecule has 0 spiro atoms. The zero-order valence-corrected chi connectivity index (χ0v) is 11.7. The Morgan fingerprint density at radius 1 is 0.882 bits per heavy atom. The van der Waals surface area contributed by atoms with Crippen molar-refractivity contribution in [3.8, 4) is 0 Å². The van der Waals surface area contributed by atoms with Gasteiger partial charge in [-0.3, -0.25) is 10.4 Å². The summed E-state index contributed by atoms with van der Waals surface area (Å²) in [6.07, 6.45) is 0. The smallest absolute Gasteiger partial charge is 0.0791 e. The normalized spacial score (nSPS) is 16.9. The van der Waals surface area contributed by atoms with Crippen molar-refractivity contribution in [2.45, 2.75) is 52.6 Å². The van der Waals surface area contributed by atoms with Gasteiger partial charge in [0.15, 0.2) is 0 Å². The molecule has 0 saturated heterocycles. The lowest BCUT2D eigenvalue weighted by atomic mass is 10.1. The highest BCUT2D eigenvalue weighted by Gasteiger charge is 2.40. The van der Waals surface area contributed by atoms with Crippen molar-refractivity contribution >= 4 is 11.4 Å². The third-order valence-corrected chi connectivity index (χ3v) is 2.83. The van der Waals surface area contributed by atoms with Crippen molar-refractivity contribution in [1.29, 1.82) is 0 Å². The molecule has 1 heterocycles. The van der Waals surface area contributed by atoms with Crippen LogP contribution in [-0.2, 0) is 0 Å². The number of hydrogen-bond acceptors (Lipinski definition) is 3. The number of anilines is 2. The predicted molar refractivity (Wildman–Crippen MR) is 73.9 cm³/mol. The van der Waals surface area contributed by atoms with E-state index in [9.17, 15) is 0 Å². The largest absolute Gasteiger partial charge is 0.299 e. The second-order valence-electron chi connectivity index (χ2n) is 6.59. The molecule has 1 N–H and O–H groups in total. The number of fused-ring (bicyclic) bond motifs is 1. The van der Waals surface area contributed by atoms with Gasteiger partial charge in [-0.1, -0.05) is 12.1 Å². The number of para-hydroxylation sites is 2. The highest BCUT2D eigenvalue weighted by Crippen LogP contribution is 2.40. The topological polar surface area (TPSA) is 18.5 Å². The van der Waals surface area contributed by atoms with Crippen molar-refractivity contribution in [2.75, 3.05) is 10.4 Å². The molecule has 3 nitrogen and oxygen atoms in total. The Morgan fingerprint density at radius 3 is 2.00 bits per heavy atom. The Labute approximate surface area is 104 Å². The van der Waals surface area contributed by atoms with Gasteiger partial charge in [-0.05, 0) is 53.7 Å². The molecule has 0 radical (unpaired) electrons. The van der Waals surface area contributed by atoms with Gasteiger partial charge in [-0.25, -0.2) is 0 Å². The van der Waals surface area contributed by atoms with Crippen molar-refractivity contribution < 1.29 is 0 Å². The monoisotopic (exact) mass is 233 g/mol. The fourth-order valence-corrected chi connectivity index (χ4v) is 2.15. The first-order valence-corrected chi connectivity index (χ1v) is 6.17. The van der Waals surface area contributed by atoms with E-state index in [-0.39, 0.29) is 11.1 Å². The molecule has 1 aromatic carbocycles. The van der Waals surface area contributed by atoms with Crippen molar-refractivity contribution in [3.05, 3.63) is 24.3 Å². The second kappa shape index (κ2) is 3.64. The summed E-state index contributed by atoms with van der Waals surface area (Å²) in [5.74, 6) is 0. The minimum atomic E-state index is 0.0340. The molecule has 1 aliphatic rings. The van der Waals surface area contributed by atoms with Crippen LogP contribution in [0.5, 0.6) is 0 Å². The molecule has 2 rings (SSSR count). The summed E-state index contributed by atoms with van der Waals surface area (Å²) in [5.41, 5.74) is 6.00. The van der Waals surface area contributed by atoms with E-state index < -0.39 is 0 Å². The molecule has 1 aliphatic heterocycles. The van der Waals surface area contributed by atoms with Crippen molar-refractivity contribution in [3.63, 3.8) is 0 Å². The SMILES string of the molecule is CC(C)(C)N1Nc2ccccc2N1C(C)(C)C. The maximum Gasteiger partial charge on any atom is 0.0791 e. The lowest BCUT2D eigenvalue weighted by molar-refractivity contribution is 0.131. The second-order valence-corrected chi connectivity index (χ2v) is 6.59.